The standard InChI is InChI=1S/C32H26ClN3O7/c1-18(28(37)20-9-13-22(33)14-10-20)43-30(38)21-11-15-23(16-12-21)36-27(32(40)42-3)26(31(39)41-2)25(24(17-34)29(36)35)19-7-5-4-6-8-19/h4-16,18,25H,35H2,1-3H3. The van der Waals surface area contributed by atoms with Crippen molar-refractivity contribution in [3.63, 3.8) is 0 Å². The molecular weight excluding hydrogens is 574 g/mol. The first-order chi connectivity index (χ1) is 20.6. The first kappa shape index (κ1) is 30.6. The van der Waals surface area contributed by atoms with Crippen molar-refractivity contribution in [2.45, 2.75) is 18.9 Å². The van der Waals surface area contributed by atoms with Gasteiger partial charge in [-0.25, -0.2) is 14.4 Å². The van der Waals surface area contributed by atoms with E-state index in [9.17, 15) is 24.4 Å². The fourth-order valence-electron chi connectivity index (χ4n) is 4.66. The van der Waals surface area contributed by atoms with Crippen LogP contribution in [-0.2, 0) is 23.8 Å². The lowest BCUT2D eigenvalue weighted by Gasteiger charge is -2.35. The van der Waals surface area contributed by atoms with E-state index in [1.807, 2.05) is 0 Å². The third kappa shape index (κ3) is 6.12. The van der Waals surface area contributed by atoms with Crippen LogP contribution < -0.4 is 10.6 Å². The van der Waals surface area contributed by atoms with Crippen LogP contribution in [0.25, 0.3) is 0 Å². The smallest absolute Gasteiger partial charge is 0.355 e. The molecule has 0 aliphatic carbocycles. The highest BCUT2D eigenvalue weighted by molar-refractivity contribution is 6.30. The molecule has 0 amide bonds. The molecule has 2 N–H and O–H groups in total. The van der Waals surface area contributed by atoms with Crippen molar-refractivity contribution in [3.05, 3.63) is 123 Å². The number of ether oxygens (including phenoxy) is 3. The van der Waals surface area contributed by atoms with Gasteiger partial charge in [0.1, 0.15) is 11.5 Å². The molecule has 11 heteroatoms. The number of Topliss-reactive ketones (excluding diaryl/α,β-unsaturated/α-hetero) is 1. The molecular formula is C32H26ClN3O7. The number of nitrogens with zero attached hydrogens (tertiary/aromatic N) is 2. The topological polar surface area (TPSA) is 149 Å². The average molecular weight is 600 g/mol. The van der Waals surface area contributed by atoms with Gasteiger partial charge in [-0.2, -0.15) is 5.26 Å². The number of hydrogen-bond donors (Lipinski definition) is 1. The molecule has 0 bridgehead atoms. The van der Waals surface area contributed by atoms with Gasteiger partial charge in [-0.3, -0.25) is 9.69 Å². The number of carbonyl (C=O) groups is 4. The van der Waals surface area contributed by atoms with E-state index in [0.29, 0.717) is 16.1 Å². The number of nitriles is 1. The van der Waals surface area contributed by atoms with Crippen molar-refractivity contribution in [2.75, 3.05) is 19.1 Å². The van der Waals surface area contributed by atoms with Crippen LogP contribution in [0.5, 0.6) is 0 Å². The molecule has 1 aliphatic heterocycles. The van der Waals surface area contributed by atoms with Gasteiger partial charge in [-0.15, -0.1) is 0 Å². The third-order valence-electron chi connectivity index (χ3n) is 6.75. The first-order valence-electron chi connectivity index (χ1n) is 12.9. The number of carbonyl (C=O) groups excluding carboxylic acids is 4. The molecule has 0 aromatic heterocycles. The van der Waals surface area contributed by atoms with E-state index < -0.39 is 35.7 Å². The lowest BCUT2D eigenvalue weighted by molar-refractivity contribution is -0.139. The van der Waals surface area contributed by atoms with Gasteiger partial charge in [-0.05, 0) is 61.0 Å². The predicted octanol–water partition coefficient (Wildman–Crippen LogP) is 4.67. The summed E-state index contributed by atoms with van der Waals surface area (Å²) in [5.41, 5.74) is 7.28. The van der Waals surface area contributed by atoms with Crippen molar-refractivity contribution in [1.29, 1.82) is 5.26 Å². The van der Waals surface area contributed by atoms with Crippen molar-refractivity contribution >= 4 is 41.0 Å². The zero-order chi connectivity index (χ0) is 31.3. The number of nitrogens with two attached hydrogens (primary N) is 1. The maximum Gasteiger partial charge on any atom is 0.355 e. The Morgan fingerprint density at radius 2 is 1.44 bits per heavy atom. The lowest BCUT2D eigenvalue weighted by atomic mass is 9.81. The summed E-state index contributed by atoms with van der Waals surface area (Å²) >= 11 is 5.88. The Bertz CT molecular complexity index is 1670. The van der Waals surface area contributed by atoms with Gasteiger partial charge in [0, 0.05) is 16.3 Å². The monoisotopic (exact) mass is 599 g/mol. The highest BCUT2D eigenvalue weighted by Gasteiger charge is 2.43. The molecule has 0 saturated heterocycles. The predicted molar refractivity (Wildman–Crippen MR) is 157 cm³/mol. The molecule has 2 unspecified atom stereocenters. The SMILES string of the molecule is COC(=O)C1=C(C(=O)OC)N(c2ccc(C(=O)OC(C)C(=O)c3ccc(Cl)cc3)cc2)C(N)=C(C#N)C1c1ccccc1. The van der Waals surface area contributed by atoms with Crippen LogP contribution in [0, 0.1) is 11.3 Å². The molecule has 218 valence electrons. The highest BCUT2D eigenvalue weighted by atomic mass is 35.5. The van der Waals surface area contributed by atoms with Gasteiger partial charge in [0.2, 0.25) is 5.78 Å². The molecule has 10 nitrogen and oxygen atoms in total. The van der Waals surface area contributed by atoms with Crippen LogP contribution in [-0.4, -0.2) is 44.0 Å². The Labute approximate surface area is 252 Å². The Morgan fingerprint density at radius 1 is 0.860 bits per heavy atom. The Hall–Kier alpha value is -5.40. The van der Waals surface area contributed by atoms with Crippen molar-refractivity contribution in [2.24, 2.45) is 5.73 Å². The van der Waals surface area contributed by atoms with E-state index in [4.69, 9.17) is 31.5 Å². The van der Waals surface area contributed by atoms with Crippen molar-refractivity contribution < 1.29 is 33.4 Å². The summed E-state index contributed by atoms with van der Waals surface area (Å²) < 4.78 is 15.4. The van der Waals surface area contributed by atoms with Crippen LogP contribution in [0.4, 0.5) is 5.69 Å². The van der Waals surface area contributed by atoms with E-state index in [1.165, 1.54) is 48.2 Å². The first-order valence-corrected chi connectivity index (χ1v) is 13.3. The molecule has 1 aliphatic rings. The van der Waals surface area contributed by atoms with Gasteiger partial charge in [0.25, 0.3) is 0 Å². The second kappa shape index (κ2) is 13.1. The normalized spacial score (nSPS) is 15.3. The van der Waals surface area contributed by atoms with E-state index in [0.717, 1.165) is 14.2 Å². The minimum absolute atomic E-state index is 0.00252. The molecule has 4 rings (SSSR count). The van der Waals surface area contributed by atoms with Gasteiger partial charge in [0.05, 0.1) is 42.9 Å². The summed E-state index contributed by atoms with van der Waals surface area (Å²) in [6, 6.07) is 22.6. The fraction of sp³-hybridized carbons (Fsp3) is 0.156. The minimum atomic E-state index is -1.08. The van der Waals surface area contributed by atoms with Gasteiger partial charge in [-0.1, -0.05) is 41.9 Å². The lowest BCUT2D eigenvalue weighted by Crippen LogP contribution is -2.40. The molecule has 0 radical (unpaired) electrons. The number of methoxy groups -OCH3 is 2. The third-order valence-corrected chi connectivity index (χ3v) is 7.01. The molecule has 43 heavy (non-hydrogen) atoms. The van der Waals surface area contributed by atoms with E-state index >= 15 is 0 Å². The van der Waals surface area contributed by atoms with Crippen molar-refractivity contribution in [1.82, 2.24) is 0 Å². The molecule has 2 atom stereocenters. The molecule has 0 fully saturated rings. The maximum absolute atomic E-state index is 13.2. The van der Waals surface area contributed by atoms with Crippen LogP contribution in [0.3, 0.4) is 0 Å². The number of esters is 3. The van der Waals surface area contributed by atoms with Crippen LogP contribution >= 0.6 is 11.6 Å². The maximum atomic E-state index is 13.2. The fourth-order valence-corrected chi connectivity index (χ4v) is 4.79. The van der Waals surface area contributed by atoms with Crippen molar-refractivity contribution in [3.8, 4) is 6.07 Å². The second-order valence-electron chi connectivity index (χ2n) is 9.30. The number of rotatable bonds is 8. The number of anilines is 1. The van der Waals surface area contributed by atoms with E-state index in [2.05, 4.69) is 6.07 Å². The quantitative estimate of drug-likeness (QED) is 0.220. The summed E-state index contributed by atoms with van der Waals surface area (Å²) in [5, 5.41) is 10.6. The van der Waals surface area contributed by atoms with E-state index in [1.54, 1.807) is 42.5 Å². The molecule has 3 aromatic rings. The summed E-state index contributed by atoms with van der Waals surface area (Å²) in [5.74, 6) is -4.09. The van der Waals surface area contributed by atoms with Crippen LogP contribution in [0.15, 0.2) is 102 Å². The zero-order valence-electron chi connectivity index (χ0n) is 23.4. The Morgan fingerprint density at radius 3 is 2.00 bits per heavy atom. The van der Waals surface area contributed by atoms with Crippen LogP contribution in [0.2, 0.25) is 5.02 Å². The number of ketones is 1. The van der Waals surface area contributed by atoms with E-state index in [-0.39, 0.29) is 33.9 Å². The number of benzene rings is 3. The largest absolute Gasteiger partial charge is 0.466 e. The van der Waals surface area contributed by atoms with Gasteiger partial charge >= 0.3 is 17.9 Å². The number of halogens is 1. The minimum Gasteiger partial charge on any atom is -0.466 e. The molecule has 1 heterocycles. The summed E-state index contributed by atoms with van der Waals surface area (Å²) in [6.45, 7) is 1.46. The Kier molecular flexibility index (Phi) is 9.28. The highest BCUT2D eigenvalue weighted by Crippen LogP contribution is 2.43. The van der Waals surface area contributed by atoms with Crippen LogP contribution in [0.1, 0.15) is 39.1 Å². The molecule has 0 saturated carbocycles. The zero-order valence-corrected chi connectivity index (χ0v) is 24.1. The summed E-state index contributed by atoms with van der Waals surface area (Å²) in [7, 11) is 2.30. The molecule has 0 spiro atoms. The van der Waals surface area contributed by atoms with Gasteiger partial charge in [0.15, 0.2) is 6.10 Å². The summed E-state index contributed by atoms with van der Waals surface area (Å²) in [4.78, 5) is 53.1. The summed E-state index contributed by atoms with van der Waals surface area (Å²) in [6.07, 6.45) is -1.08. The van der Waals surface area contributed by atoms with Gasteiger partial charge < -0.3 is 19.9 Å². The number of allylic oxidation sites excluding steroid dienone is 1. The average Bonchev–Trinajstić information content (AvgIpc) is 3.03. The second-order valence-corrected chi connectivity index (χ2v) is 9.74. The molecule has 3 aromatic carbocycles. The Balaban J connectivity index is 1.72. The number of hydrogen-bond acceptors (Lipinski definition) is 10.